The van der Waals surface area contributed by atoms with Crippen LogP contribution in [0.25, 0.3) is 0 Å². The van der Waals surface area contributed by atoms with Crippen LogP contribution in [0.3, 0.4) is 0 Å². The van der Waals surface area contributed by atoms with Gasteiger partial charge in [-0.15, -0.1) is 0 Å². The molecule has 0 amide bonds. The molecule has 0 saturated carbocycles. The molecule has 8 nitrogen and oxygen atoms in total. The lowest BCUT2D eigenvalue weighted by atomic mass is 9.88. The van der Waals surface area contributed by atoms with E-state index >= 15 is 0 Å². The van der Waals surface area contributed by atoms with Crippen molar-refractivity contribution in [2.45, 2.75) is 39.6 Å². The van der Waals surface area contributed by atoms with Crippen LogP contribution in [0.4, 0.5) is 0 Å². The Morgan fingerprint density at radius 1 is 0.879 bits per heavy atom. The second-order valence-corrected chi connectivity index (χ2v) is 7.11. The van der Waals surface area contributed by atoms with Crippen LogP contribution in [0.5, 0.6) is 28.7 Å². The summed E-state index contributed by atoms with van der Waals surface area (Å²) in [4.78, 5) is 14.0. The van der Waals surface area contributed by atoms with E-state index in [1.54, 1.807) is 13.0 Å². The highest BCUT2D eigenvalue weighted by molar-refractivity contribution is 6.08. The topological polar surface area (TPSA) is 81.7 Å². The van der Waals surface area contributed by atoms with Crippen molar-refractivity contribution in [3.05, 3.63) is 41.5 Å². The van der Waals surface area contributed by atoms with Crippen molar-refractivity contribution in [3.63, 3.8) is 0 Å². The number of hydrogen-bond acceptors (Lipinski definition) is 8. The van der Waals surface area contributed by atoms with Gasteiger partial charge in [0, 0.05) is 19.8 Å². The molecule has 0 fully saturated rings. The normalized spacial score (nSPS) is 19.5. The zero-order valence-electron chi connectivity index (χ0n) is 20.1. The quantitative estimate of drug-likeness (QED) is 0.451. The fraction of sp³-hybridized carbons (Fsp3) is 0.480. The standard InChI is InChI=1S/C25H32O8/c1-7-29-17-13-11-16(12-14-17)24-25(28-6,32-10-4)23(26)20-18(30-8-2)15-19(31-9-3)21(27-5)22(20)33-24/h11-15,24H,7-10H2,1-6H3. The summed E-state index contributed by atoms with van der Waals surface area (Å²) in [5.74, 6) is -0.174. The molecule has 0 aromatic heterocycles. The molecule has 0 aliphatic carbocycles. The molecule has 0 radical (unpaired) electrons. The maximum absolute atomic E-state index is 14.0. The van der Waals surface area contributed by atoms with E-state index < -0.39 is 17.7 Å². The predicted molar refractivity (Wildman–Crippen MR) is 122 cm³/mol. The second kappa shape index (κ2) is 10.8. The lowest BCUT2D eigenvalue weighted by Gasteiger charge is -2.42. The van der Waals surface area contributed by atoms with Crippen LogP contribution in [-0.4, -0.2) is 52.2 Å². The van der Waals surface area contributed by atoms with E-state index in [1.807, 2.05) is 45.0 Å². The van der Waals surface area contributed by atoms with Gasteiger partial charge in [-0.25, -0.2) is 0 Å². The molecule has 8 heteroatoms. The largest absolute Gasteiger partial charge is 0.494 e. The first-order chi connectivity index (χ1) is 16.0. The van der Waals surface area contributed by atoms with Crippen molar-refractivity contribution in [2.24, 2.45) is 0 Å². The molecule has 2 aromatic carbocycles. The van der Waals surface area contributed by atoms with Crippen LogP contribution >= 0.6 is 0 Å². The number of fused-ring (bicyclic) bond motifs is 1. The summed E-state index contributed by atoms with van der Waals surface area (Å²) in [7, 11) is 2.93. The van der Waals surface area contributed by atoms with Crippen LogP contribution in [0.15, 0.2) is 30.3 Å². The molecule has 2 atom stereocenters. The number of carbonyl (C=O) groups is 1. The maximum Gasteiger partial charge on any atom is 0.276 e. The molecule has 2 unspecified atom stereocenters. The molecule has 3 rings (SSSR count). The molecule has 0 bridgehead atoms. The lowest BCUT2D eigenvalue weighted by Crippen LogP contribution is -2.53. The highest BCUT2D eigenvalue weighted by atomic mass is 16.7. The van der Waals surface area contributed by atoms with Crippen molar-refractivity contribution in [2.75, 3.05) is 40.6 Å². The minimum absolute atomic E-state index is 0.189. The minimum atomic E-state index is -1.72. The van der Waals surface area contributed by atoms with Crippen LogP contribution in [0, 0.1) is 0 Å². The molecule has 33 heavy (non-hydrogen) atoms. The number of carbonyl (C=O) groups excluding carboxylic acids is 1. The first-order valence-corrected chi connectivity index (χ1v) is 11.1. The third-order valence-electron chi connectivity index (χ3n) is 5.25. The molecular weight excluding hydrogens is 428 g/mol. The average molecular weight is 461 g/mol. The zero-order chi connectivity index (χ0) is 24.0. The summed E-state index contributed by atoms with van der Waals surface area (Å²) >= 11 is 0. The number of methoxy groups -OCH3 is 2. The van der Waals surface area contributed by atoms with Crippen LogP contribution < -0.4 is 23.7 Å². The Balaban J connectivity index is 2.25. The highest BCUT2D eigenvalue weighted by Gasteiger charge is 2.56. The number of benzene rings is 2. The van der Waals surface area contributed by atoms with Crippen molar-refractivity contribution < 1.29 is 38.0 Å². The van der Waals surface area contributed by atoms with Crippen molar-refractivity contribution >= 4 is 5.78 Å². The summed E-state index contributed by atoms with van der Waals surface area (Å²) in [6, 6.07) is 8.91. The van der Waals surface area contributed by atoms with Gasteiger partial charge in [0.05, 0.1) is 26.9 Å². The van der Waals surface area contributed by atoms with E-state index in [9.17, 15) is 4.79 Å². The summed E-state index contributed by atoms with van der Waals surface area (Å²) in [6.45, 7) is 8.91. The van der Waals surface area contributed by atoms with E-state index in [4.69, 9.17) is 33.2 Å². The fourth-order valence-electron chi connectivity index (χ4n) is 3.94. The van der Waals surface area contributed by atoms with E-state index in [-0.39, 0.29) is 17.9 Å². The van der Waals surface area contributed by atoms with Gasteiger partial charge in [-0.2, -0.15) is 0 Å². The van der Waals surface area contributed by atoms with Gasteiger partial charge in [0.15, 0.2) is 17.6 Å². The van der Waals surface area contributed by atoms with Crippen molar-refractivity contribution in [3.8, 4) is 28.7 Å². The lowest BCUT2D eigenvalue weighted by molar-refractivity contribution is -0.234. The van der Waals surface area contributed by atoms with E-state index in [2.05, 4.69) is 0 Å². The molecule has 180 valence electrons. The van der Waals surface area contributed by atoms with Crippen LogP contribution in [-0.2, 0) is 9.47 Å². The monoisotopic (exact) mass is 460 g/mol. The number of rotatable bonds is 11. The number of hydrogen-bond donors (Lipinski definition) is 0. The van der Waals surface area contributed by atoms with E-state index in [0.717, 1.165) is 0 Å². The number of Topliss-reactive ketones (excluding diaryl/α,β-unsaturated/α-hetero) is 1. The molecule has 1 aliphatic rings. The van der Waals surface area contributed by atoms with E-state index in [0.29, 0.717) is 48.4 Å². The van der Waals surface area contributed by atoms with Crippen molar-refractivity contribution in [1.82, 2.24) is 0 Å². The van der Waals surface area contributed by atoms with Crippen molar-refractivity contribution in [1.29, 1.82) is 0 Å². The van der Waals surface area contributed by atoms with Crippen LogP contribution in [0.2, 0.25) is 0 Å². The SMILES string of the molecule is CCOc1ccc(C2Oc3c(OC)c(OCC)cc(OCC)c3C(=O)C2(OC)OCC)cc1. The van der Waals surface area contributed by atoms with Gasteiger partial charge in [-0.05, 0) is 45.4 Å². The Morgan fingerprint density at radius 2 is 1.52 bits per heavy atom. The molecule has 2 aromatic rings. The minimum Gasteiger partial charge on any atom is -0.494 e. The van der Waals surface area contributed by atoms with E-state index in [1.165, 1.54) is 14.2 Å². The van der Waals surface area contributed by atoms with Gasteiger partial charge in [0.1, 0.15) is 17.1 Å². The fourth-order valence-corrected chi connectivity index (χ4v) is 3.94. The Kier molecular flexibility index (Phi) is 8.05. The third kappa shape index (κ3) is 4.45. The first-order valence-electron chi connectivity index (χ1n) is 11.1. The average Bonchev–Trinajstić information content (AvgIpc) is 2.82. The third-order valence-corrected chi connectivity index (χ3v) is 5.25. The molecule has 0 N–H and O–H groups in total. The summed E-state index contributed by atoms with van der Waals surface area (Å²) in [5.41, 5.74) is 0.865. The van der Waals surface area contributed by atoms with Gasteiger partial charge in [0.25, 0.3) is 5.79 Å². The number of ketones is 1. The Labute approximate surface area is 194 Å². The maximum atomic E-state index is 14.0. The number of ether oxygens (including phenoxy) is 7. The summed E-state index contributed by atoms with van der Waals surface area (Å²) < 4.78 is 40.9. The molecular formula is C25H32O8. The Hall–Kier alpha value is -2.97. The van der Waals surface area contributed by atoms with Crippen LogP contribution in [0.1, 0.15) is 49.7 Å². The van der Waals surface area contributed by atoms with Gasteiger partial charge in [-0.3, -0.25) is 4.79 Å². The van der Waals surface area contributed by atoms with Gasteiger partial charge >= 0.3 is 0 Å². The predicted octanol–water partition coefficient (Wildman–Crippen LogP) is 4.59. The molecule has 0 saturated heterocycles. The highest BCUT2D eigenvalue weighted by Crippen LogP contribution is 2.54. The first kappa shape index (κ1) is 24.7. The van der Waals surface area contributed by atoms with Gasteiger partial charge < -0.3 is 33.2 Å². The zero-order valence-corrected chi connectivity index (χ0v) is 20.1. The molecule has 1 heterocycles. The smallest absolute Gasteiger partial charge is 0.276 e. The Bertz CT molecular complexity index is 956. The van der Waals surface area contributed by atoms with Gasteiger partial charge in [0.2, 0.25) is 11.5 Å². The summed E-state index contributed by atoms with van der Waals surface area (Å²) in [5, 5.41) is 0. The molecule has 0 spiro atoms. The summed E-state index contributed by atoms with van der Waals surface area (Å²) in [6.07, 6.45) is -0.918. The Morgan fingerprint density at radius 3 is 2.06 bits per heavy atom. The molecule has 1 aliphatic heterocycles. The second-order valence-electron chi connectivity index (χ2n) is 7.11. The van der Waals surface area contributed by atoms with Gasteiger partial charge in [-0.1, -0.05) is 12.1 Å².